The number of thioether (sulfide) groups is 1. The zero-order chi connectivity index (χ0) is 13.8. The molecule has 0 fully saturated rings. The van der Waals surface area contributed by atoms with Gasteiger partial charge in [0.15, 0.2) is 5.16 Å². The van der Waals surface area contributed by atoms with Crippen LogP contribution in [0.3, 0.4) is 0 Å². The SMILES string of the molecule is CCn1c(SC(C)CC(C)(C#N)NC)n[nH]c1=O. The van der Waals surface area contributed by atoms with Gasteiger partial charge in [0.1, 0.15) is 5.54 Å². The van der Waals surface area contributed by atoms with Crippen molar-refractivity contribution in [2.24, 2.45) is 0 Å². The van der Waals surface area contributed by atoms with E-state index in [-0.39, 0.29) is 10.9 Å². The monoisotopic (exact) mass is 269 g/mol. The summed E-state index contributed by atoms with van der Waals surface area (Å²) in [4.78, 5) is 11.4. The van der Waals surface area contributed by atoms with Gasteiger partial charge in [-0.1, -0.05) is 18.7 Å². The van der Waals surface area contributed by atoms with E-state index in [1.807, 2.05) is 20.8 Å². The van der Waals surface area contributed by atoms with E-state index in [1.54, 1.807) is 11.6 Å². The fraction of sp³-hybridized carbons (Fsp3) is 0.727. The van der Waals surface area contributed by atoms with Crippen LogP contribution < -0.4 is 11.0 Å². The molecule has 0 saturated heterocycles. The molecular weight excluding hydrogens is 250 g/mol. The van der Waals surface area contributed by atoms with Gasteiger partial charge in [-0.25, -0.2) is 9.89 Å². The van der Waals surface area contributed by atoms with E-state index in [9.17, 15) is 4.79 Å². The van der Waals surface area contributed by atoms with Crippen LogP contribution in [0.5, 0.6) is 0 Å². The van der Waals surface area contributed by atoms with Gasteiger partial charge in [0.2, 0.25) is 0 Å². The first-order valence-electron chi connectivity index (χ1n) is 5.87. The van der Waals surface area contributed by atoms with Gasteiger partial charge >= 0.3 is 5.69 Å². The molecule has 0 aliphatic heterocycles. The van der Waals surface area contributed by atoms with Crippen molar-refractivity contribution in [3.63, 3.8) is 0 Å². The Bertz CT molecular complexity index is 488. The minimum absolute atomic E-state index is 0.183. The topological polar surface area (TPSA) is 86.5 Å². The molecule has 7 heteroatoms. The molecule has 1 aromatic heterocycles. The second kappa shape index (κ2) is 6.07. The molecule has 0 saturated carbocycles. The van der Waals surface area contributed by atoms with Gasteiger partial charge in [0.05, 0.1) is 6.07 Å². The molecule has 0 radical (unpaired) electrons. The summed E-state index contributed by atoms with van der Waals surface area (Å²) in [5.41, 5.74) is -0.746. The van der Waals surface area contributed by atoms with Crippen molar-refractivity contribution in [1.82, 2.24) is 20.1 Å². The molecule has 2 atom stereocenters. The number of rotatable bonds is 6. The van der Waals surface area contributed by atoms with Crippen molar-refractivity contribution in [2.45, 2.75) is 49.7 Å². The Kier molecular flexibility index (Phi) is 4.99. The third kappa shape index (κ3) is 3.37. The summed E-state index contributed by atoms with van der Waals surface area (Å²) in [6, 6.07) is 2.26. The van der Waals surface area contributed by atoms with E-state index < -0.39 is 5.54 Å². The van der Waals surface area contributed by atoms with Crippen molar-refractivity contribution in [2.75, 3.05) is 7.05 Å². The number of nitrogens with zero attached hydrogens (tertiary/aromatic N) is 3. The molecule has 0 spiro atoms. The summed E-state index contributed by atoms with van der Waals surface area (Å²) in [5.74, 6) is 0. The lowest BCUT2D eigenvalue weighted by Crippen LogP contribution is -2.40. The molecule has 1 aromatic rings. The normalized spacial score (nSPS) is 15.9. The van der Waals surface area contributed by atoms with Crippen LogP contribution in [-0.2, 0) is 6.54 Å². The van der Waals surface area contributed by atoms with Crippen molar-refractivity contribution in [3.8, 4) is 6.07 Å². The fourth-order valence-corrected chi connectivity index (χ4v) is 2.89. The molecule has 6 nitrogen and oxygen atoms in total. The van der Waals surface area contributed by atoms with Gasteiger partial charge in [0, 0.05) is 11.8 Å². The Morgan fingerprint density at radius 3 is 2.89 bits per heavy atom. The average Bonchev–Trinajstić information content (AvgIpc) is 2.69. The van der Waals surface area contributed by atoms with Crippen LogP contribution in [0.4, 0.5) is 0 Å². The molecule has 0 aliphatic carbocycles. The lowest BCUT2D eigenvalue weighted by atomic mass is 9.98. The Morgan fingerprint density at radius 2 is 2.39 bits per heavy atom. The van der Waals surface area contributed by atoms with Gasteiger partial charge in [-0.05, 0) is 27.3 Å². The average molecular weight is 269 g/mol. The Morgan fingerprint density at radius 1 is 1.72 bits per heavy atom. The minimum Gasteiger partial charge on any atom is -0.303 e. The van der Waals surface area contributed by atoms with Crippen molar-refractivity contribution >= 4 is 11.8 Å². The number of hydrogen-bond donors (Lipinski definition) is 2. The van der Waals surface area contributed by atoms with Gasteiger partial charge in [-0.3, -0.25) is 4.57 Å². The Hall–Kier alpha value is -1.26. The van der Waals surface area contributed by atoms with E-state index in [0.29, 0.717) is 18.1 Å². The van der Waals surface area contributed by atoms with Gasteiger partial charge in [0.25, 0.3) is 0 Å². The lowest BCUT2D eigenvalue weighted by Gasteiger charge is -2.24. The van der Waals surface area contributed by atoms with Crippen LogP contribution in [0.1, 0.15) is 27.2 Å². The molecule has 2 N–H and O–H groups in total. The highest BCUT2D eigenvalue weighted by molar-refractivity contribution is 7.99. The fourth-order valence-electron chi connectivity index (χ4n) is 1.67. The van der Waals surface area contributed by atoms with E-state index in [4.69, 9.17) is 5.26 Å². The van der Waals surface area contributed by atoms with E-state index in [2.05, 4.69) is 21.6 Å². The largest absolute Gasteiger partial charge is 0.343 e. The maximum atomic E-state index is 11.4. The predicted octanol–water partition coefficient (Wildman–Crippen LogP) is 0.964. The second-order valence-electron chi connectivity index (χ2n) is 4.38. The van der Waals surface area contributed by atoms with Crippen LogP contribution in [0.15, 0.2) is 9.95 Å². The Labute approximate surface area is 111 Å². The zero-order valence-electron chi connectivity index (χ0n) is 11.1. The molecule has 0 bridgehead atoms. The zero-order valence-corrected chi connectivity index (χ0v) is 12.0. The number of aromatic nitrogens is 3. The molecule has 18 heavy (non-hydrogen) atoms. The van der Waals surface area contributed by atoms with Crippen LogP contribution in [0, 0.1) is 11.3 Å². The summed E-state index contributed by atoms with van der Waals surface area (Å²) in [5, 5.41) is 19.4. The standard InChI is InChI=1S/C11H19N5OS/c1-5-16-9(17)14-15-10(16)18-8(2)6-11(3,7-12)13-4/h8,13H,5-6H2,1-4H3,(H,14,17). The maximum absolute atomic E-state index is 11.4. The lowest BCUT2D eigenvalue weighted by molar-refractivity contribution is 0.454. The second-order valence-corrected chi connectivity index (χ2v) is 5.79. The number of nitrogens with one attached hydrogen (secondary N) is 2. The molecule has 2 unspecified atom stereocenters. The number of aromatic amines is 1. The highest BCUT2D eigenvalue weighted by atomic mass is 32.2. The van der Waals surface area contributed by atoms with E-state index >= 15 is 0 Å². The predicted molar refractivity (Wildman–Crippen MR) is 71.5 cm³/mol. The maximum Gasteiger partial charge on any atom is 0.343 e. The first-order valence-corrected chi connectivity index (χ1v) is 6.75. The molecule has 1 heterocycles. The smallest absolute Gasteiger partial charge is 0.303 e. The summed E-state index contributed by atoms with van der Waals surface area (Å²) in [6.45, 7) is 6.38. The van der Waals surface area contributed by atoms with Crippen LogP contribution in [0.2, 0.25) is 0 Å². The highest BCUT2D eigenvalue weighted by Gasteiger charge is 2.25. The highest BCUT2D eigenvalue weighted by Crippen LogP contribution is 2.26. The summed E-state index contributed by atoms with van der Waals surface area (Å²) < 4.78 is 1.59. The van der Waals surface area contributed by atoms with Crippen molar-refractivity contribution in [3.05, 3.63) is 10.5 Å². The number of H-pyrrole nitrogens is 1. The number of hydrogen-bond acceptors (Lipinski definition) is 5. The molecule has 0 aromatic carbocycles. The first-order chi connectivity index (χ1) is 8.45. The summed E-state index contributed by atoms with van der Waals surface area (Å²) in [6.07, 6.45) is 0.676. The first kappa shape index (κ1) is 14.8. The third-order valence-electron chi connectivity index (χ3n) is 2.84. The van der Waals surface area contributed by atoms with Crippen LogP contribution in [-0.4, -0.2) is 32.6 Å². The van der Waals surface area contributed by atoms with Crippen LogP contribution in [0.25, 0.3) is 0 Å². The Balaban J connectivity index is 2.74. The third-order valence-corrected chi connectivity index (χ3v) is 3.93. The van der Waals surface area contributed by atoms with Crippen molar-refractivity contribution < 1.29 is 0 Å². The van der Waals surface area contributed by atoms with Crippen molar-refractivity contribution in [1.29, 1.82) is 5.26 Å². The van der Waals surface area contributed by atoms with E-state index in [0.717, 1.165) is 0 Å². The summed E-state index contributed by atoms with van der Waals surface area (Å²) in [7, 11) is 1.77. The molecule has 100 valence electrons. The summed E-state index contributed by atoms with van der Waals surface area (Å²) >= 11 is 1.50. The molecular formula is C11H19N5OS. The quantitative estimate of drug-likeness (QED) is 0.751. The minimum atomic E-state index is -0.555. The number of nitriles is 1. The van der Waals surface area contributed by atoms with E-state index in [1.165, 1.54) is 11.8 Å². The molecule has 1 rings (SSSR count). The van der Waals surface area contributed by atoms with Gasteiger partial charge in [-0.2, -0.15) is 5.26 Å². The van der Waals surface area contributed by atoms with Gasteiger partial charge in [-0.15, -0.1) is 5.10 Å². The van der Waals surface area contributed by atoms with Crippen LogP contribution >= 0.6 is 11.8 Å². The van der Waals surface area contributed by atoms with Gasteiger partial charge < -0.3 is 5.32 Å². The molecule has 0 amide bonds. The molecule has 0 aliphatic rings.